The largest absolute Gasteiger partial charge is 0.472 e. The Morgan fingerprint density at radius 1 is 1.56 bits per heavy atom. The molecule has 1 aromatic heterocycles. The van der Waals surface area contributed by atoms with Gasteiger partial charge >= 0.3 is 0 Å². The molecule has 0 aromatic carbocycles. The minimum atomic E-state index is 0.323. The first-order chi connectivity index (χ1) is 4.47. The Bertz CT molecular complexity index is 175. The van der Waals surface area contributed by atoms with Gasteiger partial charge in [-0.3, -0.25) is 0 Å². The summed E-state index contributed by atoms with van der Waals surface area (Å²) in [5.74, 6) is 0. The first-order valence-electron chi connectivity index (χ1n) is 3.10. The zero-order valence-corrected chi connectivity index (χ0v) is 5.04. The predicted molar refractivity (Wildman–Crippen MR) is 32.0 cm³/mol. The van der Waals surface area contributed by atoms with Gasteiger partial charge in [-0.2, -0.15) is 0 Å². The third kappa shape index (κ3) is 0.754. The molecule has 0 radical (unpaired) electrons. The Morgan fingerprint density at radius 2 is 2.44 bits per heavy atom. The van der Waals surface area contributed by atoms with Crippen LogP contribution in [0.15, 0.2) is 23.0 Å². The summed E-state index contributed by atoms with van der Waals surface area (Å²) in [6.45, 7) is 0.899. The maximum Gasteiger partial charge on any atom is 0.0960 e. The van der Waals surface area contributed by atoms with E-state index in [9.17, 15) is 0 Å². The summed E-state index contributed by atoms with van der Waals surface area (Å²) in [4.78, 5) is 0. The van der Waals surface area contributed by atoms with E-state index >= 15 is 0 Å². The maximum atomic E-state index is 5.22. The van der Waals surface area contributed by atoms with Crippen molar-refractivity contribution >= 4 is 0 Å². The highest BCUT2D eigenvalue weighted by atomic mass is 16.5. The molecule has 1 aromatic rings. The smallest absolute Gasteiger partial charge is 0.0960 e. The number of rotatable bonds is 1. The van der Waals surface area contributed by atoms with Gasteiger partial charge in [0.25, 0.3) is 0 Å². The highest BCUT2D eigenvalue weighted by Gasteiger charge is 2.20. The van der Waals surface area contributed by atoms with E-state index in [2.05, 4.69) is 0 Å². The molecule has 0 spiro atoms. The lowest BCUT2D eigenvalue weighted by Crippen LogP contribution is -2.17. The fraction of sp³-hybridized carbons (Fsp3) is 0.429. The first-order valence-corrected chi connectivity index (χ1v) is 3.10. The lowest BCUT2D eigenvalue weighted by atomic mass is 10.1. The van der Waals surface area contributed by atoms with Crippen molar-refractivity contribution in [1.29, 1.82) is 0 Å². The van der Waals surface area contributed by atoms with Crippen LogP contribution in [0.25, 0.3) is 0 Å². The van der Waals surface area contributed by atoms with Gasteiger partial charge < -0.3 is 9.15 Å². The highest BCUT2D eigenvalue weighted by Crippen LogP contribution is 2.28. The Hall–Kier alpha value is -0.760. The van der Waals surface area contributed by atoms with E-state index in [-0.39, 0.29) is 0 Å². The zero-order chi connectivity index (χ0) is 6.10. The Morgan fingerprint density at radius 3 is 2.89 bits per heavy atom. The summed E-state index contributed by atoms with van der Waals surface area (Å²) < 4.78 is 10.1. The second-order valence-corrected chi connectivity index (χ2v) is 2.20. The summed E-state index contributed by atoms with van der Waals surface area (Å²) in [6, 6.07) is 1.95. The van der Waals surface area contributed by atoms with Gasteiger partial charge in [-0.1, -0.05) is 0 Å². The van der Waals surface area contributed by atoms with Crippen LogP contribution in [-0.2, 0) is 4.74 Å². The number of hydrogen-bond acceptors (Lipinski definition) is 2. The number of furan rings is 1. The molecule has 1 fully saturated rings. The van der Waals surface area contributed by atoms with Gasteiger partial charge in [-0.15, -0.1) is 0 Å². The van der Waals surface area contributed by atoms with Crippen LogP contribution in [0.5, 0.6) is 0 Å². The summed E-state index contributed by atoms with van der Waals surface area (Å²) in [5, 5.41) is 0. The molecule has 0 saturated carbocycles. The molecule has 2 rings (SSSR count). The second kappa shape index (κ2) is 1.88. The van der Waals surface area contributed by atoms with Crippen molar-refractivity contribution in [3.8, 4) is 0 Å². The average Bonchev–Trinajstić information content (AvgIpc) is 2.11. The fourth-order valence-corrected chi connectivity index (χ4v) is 0.957. The Kier molecular flexibility index (Phi) is 1.06. The lowest BCUT2D eigenvalue weighted by molar-refractivity contribution is -0.0529. The molecule has 48 valence electrons. The van der Waals surface area contributed by atoms with Crippen LogP contribution in [-0.4, -0.2) is 6.61 Å². The molecule has 2 nitrogen and oxygen atoms in total. The maximum absolute atomic E-state index is 5.22. The molecule has 1 saturated heterocycles. The molecule has 1 unspecified atom stereocenters. The molecule has 0 bridgehead atoms. The van der Waals surface area contributed by atoms with Crippen molar-refractivity contribution in [2.75, 3.05) is 6.61 Å². The quantitative estimate of drug-likeness (QED) is 0.569. The van der Waals surface area contributed by atoms with Crippen molar-refractivity contribution in [3.05, 3.63) is 24.2 Å². The third-order valence-corrected chi connectivity index (χ3v) is 1.61. The standard InChI is InChI=1S/C7H8O2/c1-3-8-5-6(1)7-2-4-9-7/h1,3,5,7H,2,4H2. The van der Waals surface area contributed by atoms with Gasteiger partial charge in [0.05, 0.1) is 25.2 Å². The number of ether oxygens (including phenoxy) is 1. The molecular weight excluding hydrogens is 116 g/mol. The van der Waals surface area contributed by atoms with E-state index in [1.807, 2.05) is 6.07 Å². The van der Waals surface area contributed by atoms with E-state index in [4.69, 9.17) is 9.15 Å². The van der Waals surface area contributed by atoms with Gasteiger partial charge in [0.2, 0.25) is 0 Å². The fourth-order valence-electron chi connectivity index (χ4n) is 0.957. The summed E-state index contributed by atoms with van der Waals surface area (Å²) in [5.41, 5.74) is 1.17. The van der Waals surface area contributed by atoms with Crippen LogP contribution >= 0.6 is 0 Å². The van der Waals surface area contributed by atoms with Crippen LogP contribution < -0.4 is 0 Å². The monoisotopic (exact) mass is 124 g/mol. The van der Waals surface area contributed by atoms with Gasteiger partial charge in [0.1, 0.15) is 0 Å². The lowest BCUT2D eigenvalue weighted by Gasteiger charge is -2.24. The molecule has 0 amide bonds. The highest BCUT2D eigenvalue weighted by molar-refractivity contribution is 5.10. The Balaban J connectivity index is 2.14. The summed E-state index contributed by atoms with van der Waals surface area (Å²) >= 11 is 0. The first kappa shape index (κ1) is 5.06. The van der Waals surface area contributed by atoms with Crippen LogP contribution in [0.4, 0.5) is 0 Å². The molecule has 1 atom stereocenters. The normalized spacial score (nSPS) is 25.6. The van der Waals surface area contributed by atoms with Gasteiger partial charge in [0, 0.05) is 12.0 Å². The summed E-state index contributed by atoms with van der Waals surface area (Å²) in [6.07, 6.45) is 4.88. The number of hydrogen-bond donors (Lipinski definition) is 0. The molecular formula is C7H8O2. The van der Waals surface area contributed by atoms with Crippen LogP contribution in [0, 0.1) is 0 Å². The van der Waals surface area contributed by atoms with Crippen molar-refractivity contribution in [2.24, 2.45) is 0 Å². The van der Waals surface area contributed by atoms with Gasteiger partial charge in [0.15, 0.2) is 0 Å². The molecule has 0 N–H and O–H groups in total. The van der Waals surface area contributed by atoms with E-state index in [1.165, 1.54) is 5.56 Å². The van der Waals surface area contributed by atoms with E-state index in [0.717, 1.165) is 13.0 Å². The van der Waals surface area contributed by atoms with Crippen molar-refractivity contribution in [1.82, 2.24) is 0 Å². The van der Waals surface area contributed by atoms with Crippen LogP contribution in [0.1, 0.15) is 18.1 Å². The minimum Gasteiger partial charge on any atom is -0.472 e. The van der Waals surface area contributed by atoms with Crippen molar-refractivity contribution < 1.29 is 9.15 Å². The van der Waals surface area contributed by atoms with Crippen LogP contribution in [0.3, 0.4) is 0 Å². The van der Waals surface area contributed by atoms with E-state index in [0.29, 0.717) is 6.10 Å². The van der Waals surface area contributed by atoms with E-state index < -0.39 is 0 Å². The molecule has 2 heteroatoms. The molecule has 9 heavy (non-hydrogen) atoms. The second-order valence-electron chi connectivity index (χ2n) is 2.20. The molecule has 1 aliphatic rings. The van der Waals surface area contributed by atoms with Crippen LogP contribution in [0.2, 0.25) is 0 Å². The molecule has 2 heterocycles. The van der Waals surface area contributed by atoms with Gasteiger partial charge in [-0.05, 0) is 6.07 Å². The van der Waals surface area contributed by atoms with Crippen molar-refractivity contribution in [3.63, 3.8) is 0 Å². The predicted octanol–water partition coefficient (Wildman–Crippen LogP) is 1.74. The Labute approximate surface area is 53.4 Å². The third-order valence-electron chi connectivity index (χ3n) is 1.61. The molecule has 0 aliphatic carbocycles. The van der Waals surface area contributed by atoms with Gasteiger partial charge in [-0.25, -0.2) is 0 Å². The summed E-state index contributed by atoms with van der Waals surface area (Å²) in [7, 11) is 0. The van der Waals surface area contributed by atoms with E-state index in [1.54, 1.807) is 12.5 Å². The zero-order valence-electron chi connectivity index (χ0n) is 5.04. The average molecular weight is 124 g/mol. The minimum absolute atomic E-state index is 0.323. The SMILES string of the molecule is c1cc(C2CCO2)co1. The molecule has 1 aliphatic heterocycles. The topological polar surface area (TPSA) is 22.4 Å². The van der Waals surface area contributed by atoms with Crippen molar-refractivity contribution in [2.45, 2.75) is 12.5 Å².